The molecule has 2 aromatic rings. The van der Waals surface area contributed by atoms with Gasteiger partial charge in [-0.05, 0) is 44.0 Å². The molecule has 5 heteroatoms. The van der Waals surface area contributed by atoms with E-state index < -0.39 is 0 Å². The van der Waals surface area contributed by atoms with Crippen LogP contribution >= 0.6 is 0 Å². The number of hydrogen-bond donors (Lipinski definition) is 1. The molecule has 2 fully saturated rings. The third kappa shape index (κ3) is 3.85. The van der Waals surface area contributed by atoms with E-state index in [0.717, 1.165) is 52.1 Å². The summed E-state index contributed by atoms with van der Waals surface area (Å²) in [5.41, 5.74) is 2.59. The molecule has 2 aliphatic rings. The highest BCUT2D eigenvalue weighted by Crippen LogP contribution is 2.25. The van der Waals surface area contributed by atoms with Crippen LogP contribution in [0.3, 0.4) is 0 Å². The van der Waals surface area contributed by atoms with Crippen molar-refractivity contribution in [1.29, 1.82) is 0 Å². The second-order valence-electron chi connectivity index (χ2n) is 7.86. The maximum absolute atomic E-state index is 13.0. The number of carbonyl (C=O) groups is 1. The van der Waals surface area contributed by atoms with Crippen molar-refractivity contribution >= 4 is 11.6 Å². The lowest BCUT2D eigenvalue weighted by atomic mass is 10.0. The van der Waals surface area contributed by atoms with E-state index in [1.165, 1.54) is 5.69 Å². The highest BCUT2D eigenvalue weighted by atomic mass is 16.3. The van der Waals surface area contributed by atoms with Crippen LogP contribution in [0.4, 0.5) is 5.69 Å². The van der Waals surface area contributed by atoms with E-state index in [1.54, 1.807) is 12.1 Å². The van der Waals surface area contributed by atoms with Crippen molar-refractivity contribution in [2.75, 3.05) is 44.2 Å². The second kappa shape index (κ2) is 8.23. The Morgan fingerprint density at radius 2 is 1.71 bits per heavy atom. The molecule has 4 rings (SSSR count). The predicted octanol–water partition coefficient (Wildman–Crippen LogP) is 3.13. The third-order valence-corrected chi connectivity index (χ3v) is 6.17. The summed E-state index contributed by atoms with van der Waals surface area (Å²) in [5.74, 6) is 0.234. The first kappa shape index (κ1) is 18.8. The zero-order valence-corrected chi connectivity index (χ0v) is 16.6. The smallest absolute Gasteiger partial charge is 0.254 e. The summed E-state index contributed by atoms with van der Waals surface area (Å²) in [6, 6.07) is 16.2. The van der Waals surface area contributed by atoms with E-state index in [4.69, 9.17) is 0 Å². The average molecular weight is 380 g/mol. The van der Waals surface area contributed by atoms with E-state index in [2.05, 4.69) is 40.1 Å². The second-order valence-corrected chi connectivity index (χ2v) is 7.86. The summed E-state index contributed by atoms with van der Waals surface area (Å²) >= 11 is 0. The molecule has 2 saturated heterocycles. The standard InChI is InChI=1S/C23H29N3O2/c1-18-21(10-5-11-22(18)27)23(28)26-12-6-9-20(17-26)25-15-13-24(14-16-25)19-7-3-2-4-8-19/h2-5,7-8,10-11,20,27H,6,9,12-17H2,1H3/t20-/m1/s1. The number of piperazine rings is 1. The fraction of sp³-hybridized carbons (Fsp3) is 0.435. The van der Waals surface area contributed by atoms with Crippen LogP contribution in [0, 0.1) is 6.92 Å². The number of carbonyl (C=O) groups excluding carboxylic acids is 1. The lowest BCUT2D eigenvalue weighted by molar-refractivity contribution is 0.0562. The largest absolute Gasteiger partial charge is 0.508 e. The van der Waals surface area contributed by atoms with Crippen molar-refractivity contribution in [3.63, 3.8) is 0 Å². The maximum atomic E-state index is 13.0. The Kier molecular flexibility index (Phi) is 5.53. The van der Waals surface area contributed by atoms with Gasteiger partial charge in [0.05, 0.1) is 0 Å². The molecule has 5 nitrogen and oxygen atoms in total. The number of phenolic OH excluding ortho intramolecular Hbond substituents is 1. The Balaban J connectivity index is 1.38. The summed E-state index contributed by atoms with van der Waals surface area (Å²) in [6.45, 7) is 7.51. The van der Waals surface area contributed by atoms with Gasteiger partial charge in [-0.25, -0.2) is 0 Å². The minimum atomic E-state index is 0.0426. The van der Waals surface area contributed by atoms with Crippen LogP contribution in [0.25, 0.3) is 0 Å². The van der Waals surface area contributed by atoms with Crippen LogP contribution in [-0.4, -0.2) is 66.1 Å². The van der Waals surface area contributed by atoms with Gasteiger partial charge in [-0.2, -0.15) is 0 Å². The Morgan fingerprint density at radius 3 is 2.46 bits per heavy atom. The van der Waals surface area contributed by atoms with Gasteiger partial charge < -0.3 is 14.9 Å². The van der Waals surface area contributed by atoms with E-state index in [0.29, 0.717) is 17.2 Å². The maximum Gasteiger partial charge on any atom is 0.254 e. The Labute approximate surface area is 167 Å². The molecule has 0 aromatic heterocycles. The molecule has 0 radical (unpaired) electrons. The predicted molar refractivity (Wildman–Crippen MR) is 112 cm³/mol. The molecule has 0 saturated carbocycles. The first-order chi connectivity index (χ1) is 13.6. The lowest BCUT2D eigenvalue weighted by Crippen LogP contribution is -2.55. The normalized spacial score (nSPS) is 21.0. The van der Waals surface area contributed by atoms with Gasteiger partial charge in [0.25, 0.3) is 5.91 Å². The Bertz CT molecular complexity index is 816. The van der Waals surface area contributed by atoms with Crippen LogP contribution in [0.5, 0.6) is 5.75 Å². The minimum Gasteiger partial charge on any atom is -0.508 e. The number of phenols is 1. The highest BCUT2D eigenvalue weighted by Gasteiger charge is 2.31. The topological polar surface area (TPSA) is 47.0 Å². The first-order valence-corrected chi connectivity index (χ1v) is 10.3. The molecular formula is C23H29N3O2. The van der Waals surface area contributed by atoms with Gasteiger partial charge in [-0.1, -0.05) is 24.3 Å². The molecule has 0 aliphatic carbocycles. The van der Waals surface area contributed by atoms with Gasteiger partial charge in [-0.3, -0.25) is 9.69 Å². The molecule has 2 aliphatic heterocycles. The van der Waals surface area contributed by atoms with E-state index in [1.807, 2.05) is 17.9 Å². The summed E-state index contributed by atoms with van der Waals surface area (Å²) in [7, 11) is 0. The number of rotatable bonds is 3. The summed E-state index contributed by atoms with van der Waals surface area (Å²) in [4.78, 5) is 20.0. The number of aromatic hydroxyl groups is 1. The van der Waals surface area contributed by atoms with E-state index in [-0.39, 0.29) is 11.7 Å². The lowest BCUT2D eigenvalue weighted by Gasteiger charge is -2.44. The zero-order valence-electron chi connectivity index (χ0n) is 16.6. The number of likely N-dealkylation sites (tertiary alicyclic amines) is 1. The molecule has 28 heavy (non-hydrogen) atoms. The zero-order chi connectivity index (χ0) is 19.5. The Hall–Kier alpha value is -2.53. The van der Waals surface area contributed by atoms with Crippen molar-refractivity contribution in [1.82, 2.24) is 9.80 Å². The average Bonchev–Trinajstić information content (AvgIpc) is 2.76. The van der Waals surface area contributed by atoms with Gasteiger partial charge in [0.1, 0.15) is 5.75 Å². The molecule has 2 heterocycles. The van der Waals surface area contributed by atoms with Gasteiger partial charge in [0.15, 0.2) is 0 Å². The molecule has 0 unspecified atom stereocenters. The summed E-state index contributed by atoms with van der Waals surface area (Å²) in [6.07, 6.45) is 2.18. The quantitative estimate of drug-likeness (QED) is 0.890. The summed E-state index contributed by atoms with van der Waals surface area (Å²) in [5, 5.41) is 9.94. The molecule has 1 amide bonds. The van der Waals surface area contributed by atoms with Crippen LogP contribution in [-0.2, 0) is 0 Å². The van der Waals surface area contributed by atoms with Crippen LogP contribution < -0.4 is 4.90 Å². The molecule has 2 aromatic carbocycles. The molecule has 1 atom stereocenters. The van der Waals surface area contributed by atoms with Crippen molar-refractivity contribution in [2.45, 2.75) is 25.8 Å². The number of amides is 1. The van der Waals surface area contributed by atoms with Crippen LogP contribution in [0.15, 0.2) is 48.5 Å². The van der Waals surface area contributed by atoms with Gasteiger partial charge in [-0.15, -0.1) is 0 Å². The first-order valence-electron chi connectivity index (χ1n) is 10.3. The monoisotopic (exact) mass is 379 g/mol. The fourth-order valence-electron chi connectivity index (χ4n) is 4.45. The highest BCUT2D eigenvalue weighted by molar-refractivity contribution is 5.96. The van der Waals surface area contributed by atoms with E-state index >= 15 is 0 Å². The molecule has 0 spiro atoms. The molecule has 148 valence electrons. The molecule has 1 N–H and O–H groups in total. The molecule has 0 bridgehead atoms. The van der Waals surface area contributed by atoms with Crippen molar-refractivity contribution < 1.29 is 9.90 Å². The number of piperidine rings is 1. The van der Waals surface area contributed by atoms with Crippen molar-refractivity contribution in [2.24, 2.45) is 0 Å². The molecular weight excluding hydrogens is 350 g/mol. The van der Waals surface area contributed by atoms with Gasteiger partial charge >= 0.3 is 0 Å². The number of para-hydroxylation sites is 1. The Morgan fingerprint density at radius 1 is 0.964 bits per heavy atom. The summed E-state index contributed by atoms with van der Waals surface area (Å²) < 4.78 is 0. The third-order valence-electron chi connectivity index (χ3n) is 6.17. The van der Waals surface area contributed by atoms with Crippen molar-refractivity contribution in [3.8, 4) is 5.75 Å². The minimum absolute atomic E-state index is 0.0426. The number of anilines is 1. The van der Waals surface area contributed by atoms with Crippen LogP contribution in [0.1, 0.15) is 28.8 Å². The van der Waals surface area contributed by atoms with Crippen LogP contribution in [0.2, 0.25) is 0 Å². The number of nitrogens with zero attached hydrogens (tertiary/aromatic N) is 3. The van der Waals surface area contributed by atoms with Gasteiger partial charge in [0, 0.05) is 62.1 Å². The SMILES string of the molecule is Cc1c(O)cccc1C(=O)N1CCC[C@@H](N2CCN(c3ccccc3)CC2)C1. The van der Waals surface area contributed by atoms with Gasteiger partial charge in [0.2, 0.25) is 0 Å². The van der Waals surface area contributed by atoms with E-state index in [9.17, 15) is 9.90 Å². The fourth-order valence-corrected chi connectivity index (χ4v) is 4.45. The van der Waals surface area contributed by atoms with Crippen molar-refractivity contribution in [3.05, 3.63) is 59.7 Å². The number of hydrogen-bond acceptors (Lipinski definition) is 4. The number of benzene rings is 2.